The Labute approximate surface area is 121 Å². The molecule has 0 aliphatic heterocycles. The number of hydrogen-bond donors (Lipinski definition) is 1. The molecule has 2 nitrogen and oxygen atoms in total. The first kappa shape index (κ1) is 13.2. The Morgan fingerprint density at radius 3 is 2.75 bits per heavy atom. The van der Waals surface area contributed by atoms with Crippen LogP contribution in [0, 0.1) is 5.82 Å². The van der Waals surface area contributed by atoms with E-state index in [1.165, 1.54) is 12.1 Å². The maximum absolute atomic E-state index is 13.3. The van der Waals surface area contributed by atoms with Crippen molar-refractivity contribution in [3.63, 3.8) is 0 Å². The summed E-state index contributed by atoms with van der Waals surface area (Å²) in [5.41, 5.74) is 2.52. The van der Waals surface area contributed by atoms with Gasteiger partial charge in [-0.2, -0.15) is 0 Å². The van der Waals surface area contributed by atoms with Crippen LogP contribution in [0.1, 0.15) is 11.1 Å². The Kier molecular flexibility index (Phi) is 3.47. The average Bonchev–Trinajstić information content (AvgIpc) is 2.86. The van der Waals surface area contributed by atoms with Gasteiger partial charge in [-0.3, -0.25) is 0 Å². The zero-order chi connectivity index (χ0) is 14.1. The van der Waals surface area contributed by atoms with Crippen molar-refractivity contribution in [1.82, 2.24) is 4.57 Å². The summed E-state index contributed by atoms with van der Waals surface area (Å²) in [7, 11) is 0. The van der Waals surface area contributed by atoms with Gasteiger partial charge >= 0.3 is 0 Å². The molecule has 4 heteroatoms. The predicted octanol–water partition coefficient (Wildman–Crippen LogP) is 3.97. The third-order valence-corrected chi connectivity index (χ3v) is 3.76. The molecule has 3 aromatic rings. The van der Waals surface area contributed by atoms with Crippen LogP contribution in [-0.2, 0) is 13.2 Å². The van der Waals surface area contributed by atoms with Crippen LogP contribution < -0.4 is 0 Å². The van der Waals surface area contributed by atoms with Gasteiger partial charge in [0.25, 0.3) is 0 Å². The zero-order valence-electron chi connectivity index (χ0n) is 10.7. The Morgan fingerprint density at radius 1 is 1.10 bits per heavy atom. The van der Waals surface area contributed by atoms with Crippen LogP contribution in [0.2, 0.25) is 5.02 Å². The van der Waals surface area contributed by atoms with Gasteiger partial charge in [0, 0.05) is 23.3 Å². The minimum Gasteiger partial charge on any atom is -0.392 e. The van der Waals surface area contributed by atoms with Crippen molar-refractivity contribution >= 4 is 22.5 Å². The molecule has 0 saturated heterocycles. The molecule has 2 aromatic carbocycles. The van der Waals surface area contributed by atoms with Gasteiger partial charge in [0.2, 0.25) is 0 Å². The number of benzene rings is 2. The summed E-state index contributed by atoms with van der Waals surface area (Å²) in [6.45, 7) is 0.440. The zero-order valence-corrected chi connectivity index (χ0v) is 11.4. The Hall–Kier alpha value is -1.84. The highest BCUT2D eigenvalue weighted by Crippen LogP contribution is 2.24. The highest BCUT2D eigenvalue weighted by atomic mass is 35.5. The Balaban J connectivity index is 2.09. The molecule has 0 atom stereocenters. The van der Waals surface area contributed by atoms with E-state index >= 15 is 0 Å². The van der Waals surface area contributed by atoms with E-state index < -0.39 is 0 Å². The molecule has 0 amide bonds. The van der Waals surface area contributed by atoms with Crippen molar-refractivity contribution in [2.45, 2.75) is 13.2 Å². The summed E-state index contributed by atoms with van der Waals surface area (Å²) in [5, 5.41) is 11.0. The fourth-order valence-corrected chi connectivity index (χ4v) is 2.63. The van der Waals surface area contributed by atoms with Crippen LogP contribution in [-0.4, -0.2) is 9.67 Å². The number of nitrogens with zero attached hydrogens (tertiary/aromatic N) is 1. The van der Waals surface area contributed by atoms with Gasteiger partial charge in [0.05, 0.1) is 12.1 Å². The molecule has 0 unspecified atom stereocenters. The van der Waals surface area contributed by atoms with Gasteiger partial charge in [-0.25, -0.2) is 4.39 Å². The molecule has 0 spiro atoms. The van der Waals surface area contributed by atoms with Crippen molar-refractivity contribution in [3.05, 3.63) is 70.6 Å². The van der Waals surface area contributed by atoms with Crippen molar-refractivity contribution < 1.29 is 9.50 Å². The standard InChI is InChI=1S/C16H13ClFNO/c17-15-5-4-14(18)8-13(15)9-19-7-6-11-2-1-3-12(10-20)16(11)19/h1-8,20H,9-10H2. The number of halogens is 2. The molecule has 0 bridgehead atoms. The molecule has 3 rings (SSSR count). The summed E-state index contributed by atoms with van der Waals surface area (Å²) in [4.78, 5) is 0. The maximum Gasteiger partial charge on any atom is 0.123 e. The molecular weight excluding hydrogens is 277 g/mol. The Morgan fingerprint density at radius 2 is 1.95 bits per heavy atom. The number of aliphatic hydroxyl groups is 1. The van der Waals surface area contributed by atoms with Gasteiger partial charge in [0.15, 0.2) is 0 Å². The van der Waals surface area contributed by atoms with E-state index in [1.807, 2.05) is 35.0 Å². The maximum atomic E-state index is 13.3. The first-order valence-corrected chi connectivity index (χ1v) is 6.68. The van der Waals surface area contributed by atoms with E-state index in [4.69, 9.17) is 11.6 Å². The smallest absolute Gasteiger partial charge is 0.123 e. The molecule has 0 aliphatic rings. The van der Waals surface area contributed by atoms with Crippen LogP contribution >= 0.6 is 11.6 Å². The van der Waals surface area contributed by atoms with Crippen LogP contribution in [0.3, 0.4) is 0 Å². The molecule has 1 heterocycles. The highest BCUT2D eigenvalue weighted by molar-refractivity contribution is 6.31. The minimum absolute atomic E-state index is 0.0295. The predicted molar refractivity (Wildman–Crippen MR) is 78.4 cm³/mol. The van der Waals surface area contributed by atoms with Gasteiger partial charge in [-0.1, -0.05) is 29.8 Å². The lowest BCUT2D eigenvalue weighted by Crippen LogP contribution is -2.01. The third-order valence-electron chi connectivity index (χ3n) is 3.39. The van der Waals surface area contributed by atoms with E-state index in [2.05, 4.69) is 0 Å². The molecule has 1 N–H and O–H groups in total. The molecule has 0 saturated carbocycles. The number of rotatable bonds is 3. The molecular formula is C16H13ClFNO. The van der Waals surface area contributed by atoms with Crippen molar-refractivity contribution in [2.75, 3.05) is 0 Å². The second-order valence-electron chi connectivity index (χ2n) is 4.69. The van der Waals surface area contributed by atoms with Gasteiger partial charge in [-0.15, -0.1) is 0 Å². The monoisotopic (exact) mass is 289 g/mol. The molecule has 0 aliphatic carbocycles. The third kappa shape index (κ3) is 2.30. The molecule has 20 heavy (non-hydrogen) atoms. The molecule has 0 fully saturated rings. The highest BCUT2D eigenvalue weighted by Gasteiger charge is 2.08. The summed E-state index contributed by atoms with van der Waals surface area (Å²) in [6, 6.07) is 12.1. The molecule has 1 aromatic heterocycles. The van der Waals surface area contributed by atoms with Crippen molar-refractivity contribution in [2.24, 2.45) is 0 Å². The van der Waals surface area contributed by atoms with E-state index in [0.717, 1.165) is 22.0 Å². The second-order valence-corrected chi connectivity index (χ2v) is 5.10. The van der Waals surface area contributed by atoms with Gasteiger partial charge in [0.1, 0.15) is 5.82 Å². The van der Waals surface area contributed by atoms with Crippen LogP contribution in [0.4, 0.5) is 4.39 Å². The number of aromatic nitrogens is 1. The summed E-state index contributed by atoms with van der Waals surface area (Å²) in [6.07, 6.45) is 1.92. The largest absolute Gasteiger partial charge is 0.392 e. The lowest BCUT2D eigenvalue weighted by atomic mass is 10.1. The number of fused-ring (bicyclic) bond motifs is 1. The lowest BCUT2D eigenvalue weighted by molar-refractivity contribution is 0.283. The lowest BCUT2D eigenvalue weighted by Gasteiger charge is -2.10. The van der Waals surface area contributed by atoms with Crippen LogP contribution in [0.25, 0.3) is 10.9 Å². The number of aliphatic hydroxyl groups excluding tert-OH is 1. The number of hydrogen-bond acceptors (Lipinski definition) is 1. The molecule has 102 valence electrons. The molecule has 0 radical (unpaired) electrons. The Bertz CT molecular complexity index is 766. The minimum atomic E-state index is -0.303. The first-order valence-electron chi connectivity index (χ1n) is 6.30. The first-order chi connectivity index (χ1) is 9.69. The van der Waals surface area contributed by atoms with Gasteiger partial charge < -0.3 is 9.67 Å². The van der Waals surface area contributed by atoms with E-state index in [0.29, 0.717) is 11.6 Å². The summed E-state index contributed by atoms with van der Waals surface area (Å²) >= 11 is 6.11. The fourth-order valence-electron chi connectivity index (χ4n) is 2.45. The average molecular weight is 290 g/mol. The SMILES string of the molecule is OCc1cccc2ccn(Cc3cc(F)ccc3Cl)c12. The summed E-state index contributed by atoms with van der Waals surface area (Å²) < 4.78 is 15.3. The van der Waals surface area contributed by atoms with Crippen LogP contribution in [0.15, 0.2) is 48.7 Å². The quantitative estimate of drug-likeness (QED) is 0.775. The van der Waals surface area contributed by atoms with Crippen molar-refractivity contribution in [3.8, 4) is 0 Å². The van der Waals surface area contributed by atoms with Gasteiger partial charge in [-0.05, 0) is 35.2 Å². The normalized spacial score (nSPS) is 11.2. The van der Waals surface area contributed by atoms with E-state index in [1.54, 1.807) is 6.07 Å². The van der Waals surface area contributed by atoms with E-state index in [9.17, 15) is 9.50 Å². The van der Waals surface area contributed by atoms with E-state index in [-0.39, 0.29) is 12.4 Å². The van der Waals surface area contributed by atoms with Crippen LogP contribution in [0.5, 0.6) is 0 Å². The fraction of sp³-hybridized carbons (Fsp3) is 0.125. The van der Waals surface area contributed by atoms with Crippen molar-refractivity contribution in [1.29, 1.82) is 0 Å². The summed E-state index contributed by atoms with van der Waals surface area (Å²) in [5.74, 6) is -0.303. The number of para-hydroxylation sites is 1. The second kappa shape index (κ2) is 5.27. The topological polar surface area (TPSA) is 25.2 Å².